The SMILES string of the molecule is NS(=O)(=O)c1cc(C(F)F)c(OC(F)(F)F)nc1CCl. The Morgan fingerprint density at radius 3 is 2.30 bits per heavy atom. The number of hydrogen-bond donors (Lipinski definition) is 1. The van der Waals surface area contributed by atoms with Gasteiger partial charge in [-0.05, 0) is 6.07 Å². The molecule has 0 aliphatic heterocycles. The highest BCUT2D eigenvalue weighted by Crippen LogP contribution is 2.34. The van der Waals surface area contributed by atoms with E-state index in [-0.39, 0.29) is 6.07 Å². The van der Waals surface area contributed by atoms with Crippen LogP contribution in [0.2, 0.25) is 0 Å². The number of rotatable bonds is 4. The Kier molecular flexibility index (Phi) is 4.77. The van der Waals surface area contributed by atoms with Crippen LogP contribution in [0, 0.1) is 0 Å². The number of alkyl halides is 6. The third-order valence-electron chi connectivity index (χ3n) is 1.94. The monoisotopic (exact) mass is 340 g/mol. The van der Waals surface area contributed by atoms with E-state index in [0.717, 1.165) is 0 Å². The molecular formula is C8H6ClF5N2O3S. The maximum absolute atomic E-state index is 12.7. The fourth-order valence-electron chi connectivity index (χ4n) is 1.22. The van der Waals surface area contributed by atoms with Crippen LogP contribution in [0.25, 0.3) is 0 Å². The molecule has 0 unspecified atom stereocenters. The van der Waals surface area contributed by atoms with Gasteiger partial charge in [-0.15, -0.1) is 24.8 Å². The van der Waals surface area contributed by atoms with Gasteiger partial charge in [0.2, 0.25) is 15.9 Å². The Hall–Kier alpha value is -1.20. The number of hydrogen-bond acceptors (Lipinski definition) is 4. The molecule has 0 bridgehead atoms. The molecule has 1 rings (SSSR count). The zero-order valence-corrected chi connectivity index (χ0v) is 10.9. The van der Waals surface area contributed by atoms with Crippen LogP contribution in [0.5, 0.6) is 5.88 Å². The van der Waals surface area contributed by atoms with E-state index >= 15 is 0 Å². The largest absolute Gasteiger partial charge is 0.574 e. The van der Waals surface area contributed by atoms with E-state index in [9.17, 15) is 30.4 Å². The summed E-state index contributed by atoms with van der Waals surface area (Å²) >= 11 is 5.31. The number of halogens is 6. The van der Waals surface area contributed by atoms with Gasteiger partial charge in [0.1, 0.15) is 4.90 Å². The zero-order chi connectivity index (χ0) is 15.7. The number of sulfonamides is 1. The summed E-state index contributed by atoms with van der Waals surface area (Å²) in [5, 5.41) is 4.75. The minimum absolute atomic E-state index is 0.256. The van der Waals surface area contributed by atoms with E-state index in [0.29, 0.717) is 0 Å². The maximum atomic E-state index is 12.7. The molecule has 2 N–H and O–H groups in total. The molecule has 5 nitrogen and oxygen atoms in total. The molecule has 114 valence electrons. The van der Waals surface area contributed by atoms with Crippen molar-refractivity contribution >= 4 is 21.6 Å². The van der Waals surface area contributed by atoms with E-state index < -0.39 is 50.7 Å². The van der Waals surface area contributed by atoms with Crippen molar-refractivity contribution in [3.05, 3.63) is 17.3 Å². The second-order valence-electron chi connectivity index (χ2n) is 3.35. The molecule has 0 saturated carbocycles. The Labute approximate surface area is 114 Å². The minimum atomic E-state index is -5.27. The summed E-state index contributed by atoms with van der Waals surface area (Å²) in [5.74, 6) is -2.14. The minimum Gasteiger partial charge on any atom is -0.387 e. The highest BCUT2D eigenvalue weighted by atomic mass is 35.5. The zero-order valence-electron chi connectivity index (χ0n) is 9.29. The Morgan fingerprint density at radius 2 is 1.95 bits per heavy atom. The van der Waals surface area contributed by atoms with Gasteiger partial charge in [0.15, 0.2) is 0 Å². The molecular weight excluding hydrogens is 335 g/mol. The molecule has 20 heavy (non-hydrogen) atoms. The van der Waals surface area contributed by atoms with Crippen LogP contribution >= 0.6 is 11.6 Å². The van der Waals surface area contributed by atoms with Gasteiger partial charge in [-0.25, -0.2) is 27.3 Å². The number of pyridine rings is 1. The fraction of sp³-hybridized carbons (Fsp3) is 0.375. The quantitative estimate of drug-likeness (QED) is 0.673. The van der Waals surface area contributed by atoms with Crippen molar-refractivity contribution in [1.82, 2.24) is 4.98 Å². The molecule has 0 spiro atoms. The maximum Gasteiger partial charge on any atom is 0.574 e. The summed E-state index contributed by atoms with van der Waals surface area (Å²) in [4.78, 5) is 2.16. The lowest BCUT2D eigenvalue weighted by molar-refractivity contribution is -0.276. The van der Waals surface area contributed by atoms with E-state index in [1.807, 2.05) is 0 Å². The first-order valence-corrected chi connectivity index (χ1v) is 6.70. The first kappa shape index (κ1) is 16.9. The molecule has 0 amide bonds. The molecule has 0 atom stereocenters. The summed E-state index contributed by atoms with van der Waals surface area (Å²) in [6.45, 7) is 0. The summed E-state index contributed by atoms with van der Waals surface area (Å²) in [6, 6.07) is 0.256. The molecule has 0 aliphatic carbocycles. The molecule has 1 heterocycles. The van der Waals surface area contributed by atoms with Crippen LogP contribution in [0.3, 0.4) is 0 Å². The normalized spacial score (nSPS) is 12.8. The molecule has 0 radical (unpaired) electrons. The van der Waals surface area contributed by atoms with Gasteiger partial charge in [-0.2, -0.15) is 0 Å². The van der Waals surface area contributed by atoms with Gasteiger partial charge in [-0.3, -0.25) is 0 Å². The van der Waals surface area contributed by atoms with Gasteiger partial charge < -0.3 is 4.74 Å². The van der Waals surface area contributed by atoms with E-state index in [1.54, 1.807) is 0 Å². The Morgan fingerprint density at radius 1 is 1.40 bits per heavy atom. The molecule has 0 fully saturated rings. The smallest absolute Gasteiger partial charge is 0.387 e. The third kappa shape index (κ3) is 4.15. The molecule has 1 aromatic rings. The number of nitrogens with two attached hydrogens (primary N) is 1. The van der Waals surface area contributed by atoms with Crippen LogP contribution in [0.1, 0.15) is 17.7 Å². The van der Waals surface area contributed by atoms with Crippen molar-refractivity contribution in [2.45, 2.75) is 23.6 Å². The predicted molar refractivity (Wildman–Crippen MR) is 56.8 cm³/mol. The topological polar surface area (TPSA) is 82.3 Å². The lowest BCUT2D eigenvalue weighted by Gasteiger charge is -2.14. The molecule has 0 aliphatic rings. The second kappa shape index (κ2) is 5.66. The summed E-state index contributed by atoms with van der Waals surface area (Å²) in [6.07, 6.45) is -8.73. The van der Waals surface area contributed by atoms with Gasteiger partial charge in [0.05, 0.1) is 17.1 Å². The van der Waals surface area contributed by atoms with Crippen molar-refractivity contribution in [3.63, 3.8) is 0 Å². The van der Waals surface area contributed by atoms with Gasteiger partial charge in [0, 0.05) is 0 Å². The Bertz CT molecular complexity index is 605. The first-order valence-electron chi connectivity index (χ1n) is 4.62. The van der Waals surface area contributed by atoms with Crippen LogP contribution in [0.4, 0.5) is 22.0 Å². The fourth-order valence-corrected chi connectivity index (χ4v) is 2.24. The summed E-state index contributed by atoms with van der Waals surface area (Å²) in [5.41, 5.74) is -1.99. The van der Waals surface area contributed by atoms with Crippen LogP contribution in [0.15, 0.2) is 11.0 Å². The molecule has 0 aromatic carbocycles. The molecule has 1 aromatic heterocycles. The van der Waals surface area contributed by atoms with Gasteiger partial charge in [0.25, 0.3) is 6.43 Å². The van der Waals surface area contributed by atoms with Crippen molar-refractivity contribution in [3.8, 4) is 5.88 Å². The predicted octanol–water partition coefficient (Wildman–Crippen LogP) is 2.30. The van der Waals surface area contributed by atoms with Crippen LogP contribution < -0.4 is 9.88 Å². The highest BCUT2D eigenvalue weighted by Gasteiger charge is 2.35. The van der Waals surface area contributed by atoms with Gasteiger partial charge in [-0.1, -0.05) is 0 Å². The average Bonchev–Trinajstić information content (AvgIpc) is 2.24. The average molecular weight is 341 g/mol. The number of ether oxygens (including phenoxy) is 1. The standard InChI is InChI=1S/C8H6ClF5N2O3S/c9-2-4-5(20(15,17)18)1-3(6(10)11)7(16-4)19-8(12,13)14/h1,6H,2H2,(H2,15,17,18). The Balaban J connectivity index is 3.54. The van der Waals surface area contributed by atoms with Gasteiger partial charge >= 0.3 is 6.36 Å². The number of nitrogens with zero attached hydrogens (tertiary/aromatic N) is 1. The highest BCUT2D eigenvalue weighted by molar-refractivity contribution is 7.89. The third-order valence-corrected chi connectivity index (χ3v) is 3.15. The van der Waals surface area contributed by atoms with Crippen LogP contribution in [-0.4, -0.2) is 19.8 Å². The molecule has 0 saturated heterocycles. The van der Waals surface area contributed by atoms with Crippen molar-refractivity contribution in [2.75, 3.05) is 0 Å². The second-order valence-corrected chi connectivity index (χ2v) is 5.15. The van der Waals surface area contributed by atoms with E-state index in [4.69, 9.17) is 16.7 Å². The lowest BCUT2D eigenvalue weighted by Crippen LogP contribution is -2.21. The van der Waals surface area contributed by atoms with Crippen LogP contribution in [-0.2, 0) is 15.9 Å². The van der Waals surface area contributed by atoms with E-state index in [1.165, 1.54) is 0 Å². The van der Waals surface area contributed by atoms with E-state index in [2.05, 4.69) is 9.72 Å². The van der Waals surface area contributed by atoms with Crippen molar-refractivity contribution in [2.24, 2.45) is 5.14 Å². The lowest BCUT2D eigenvalue weighted by atomic mass is 10.2. The number of primary sulfonamides is 1. The summed E-state index contributed by atoms with van der Waals surface area (Å²) < 4.78 is 87.1. The van der Waals surface area contributed by atoms with Crippen molar-refractivity contribution in [1.29, 1.82) is 0 Å². The van der Waals surface area contributed by atoms with Crippen molar-refractivity contribution < 1.29 is 35.1 Å². The first-order chi connectivity index (χ1) is 8.95. The molecule has 12 heteroatoms. The summed E-state index contributed by atoms with van der Waals surface area (Å²) in [7, 11) is -4.48. The number of aromatic nitrogens is 1.